The fourth-order valence-corrected chi connectivity index (χ4v) is 9.36. The van der Waals surface area contributed by atoms with Gasteiger partial charge >= 0.3 is 0 Å². The summed E-state index contributed by atoms with van der Waals surface area (Å²) < 4.78 is 12.0. The maximum Gasteiger partial charge on any atom is 0.253 e. The number of hydroxylamine groups is 2. The van der Waals surface area contributed by atoms with Gasteiger partial charge < -0.3 is 24.7 Å². The van der Waals surface area contributed by atoms with E-state index in [0.717, 1.165) is 62.4 Å². The molecule has 4 aliphatic rings. The first kappa shape index (κ1) is 30.5. The number of thioether (sulfide) groups is 1. The summed E-state index contributed by atoms with van der Waals surface area (Å²) in [4.78, 5) is 19.1. The molecule has 2 aliphatic heterocycles. The first-order chi connectivity index (χ1) is 20.2. The Kier molecular flexibility index (Phi) is 9.30. The number of H-pyrrole nitrogens is 1. The topological polar surface area (TPSA) is 80.9 Å². The van der Waals surface area contributed by atoms with Crippen LogP contribution in [0.1, 0.15) is 66.5 Å². The Morgan fingerprint density at radius 3 is 2.48 bits per heavy atom. The SMILES string of the molecule is COC1CC2CN(C3CCC([C@H]4COc5c(Cl)cc(CN([O-])Cc6c(SC)cc(C)[nH]c6=O)c(C)c5C4)CC3)CC2C1. The minimum absolute atomic E-state index is 0.0355. The highest BCUT2D eigenvalue weighted by atomic mass is 35.5. The van der Waals surface area contributed by atoms with Crippen molar-refractivity contribution in [1.82, 2.24) is 14.9 Å². The highest BCUT2D eigenvalue weighted by Crippen LogP contribution is 2.45. The molecule has 42 heavy (non-hydrogen) atoms. The number of aryl methyl sites for hydroxylation is 1. The molecule has 2 saturated carbocycles. The van der Waals surface area contributed by atoms with E-state index in [1.165, 1.54) is 63.4 Å². The normalized spacial score (nSPS) is 29.5. The molecule has 9 heteroatoms. The van der Waals surface area contributed by atoms with Crippen LogP contribution >= 0.6 is 23.4 Å². The molecule has 2 aliphatic carbocycles. The maximum absolute atomic E-state index is 13.1. The van der Waals surface area contributed by atoms with Crippen molar-refractivity contribution in [3.05, 3.63) is 60.7 Å². The number of pyridine rings is 1. The highest BCUT2D eigenvalue weighted by molar-refractivity contribution is 7.98. The third-order valence-electron chi connectivity index (χ3n) is 10.8. The molecule has 0 spiro atoms. The number of hydrogen-bond donors (Lipinski definition) is 1. The van der Waals surface area contributed by atoms with Crippen LogP contribution in [0.5, 0.6) is 5.75 Å². The van der Waals surface area contributed by atoms with Gasteiger partial charge in [-0.15, -0.1) is 11.8 Å². The fraction of sp³-hybridized carbons (Fsp3) is 0.667. The van der Waals surface area contributed by atoms with Crippen LogP contribution in [-0.4, -0.2) is 60.2 Å². The average molecular weight is 615 g/mol. The van der Waals surface area contributed by atoms with Gasteiger partial charge in [0.2, 0.25) is 0 Å². The van der Waals surface area contributed by atoms with Gasteiger partial charge in [-0.05, 0) is 118 Å². The third kappa shape index (κ3) is 6.18. The van der Waals surface area contributed by atoms with Crippen molar-refractivity contribution >= 4 is 23.4 Å². The van der Waals surface area contributed by atoms with Crippen molar-refractivity contribution in [2.75, 3.05) is 33.1 Å². The highest BCUT2D eigenvalue weighted by Gasteiger charge is 2.44. The lowest BCUT2D eigenvalue weighted by atomic mass is 9.74. The molecule has 3 fully saturated rings. The molecular weight excluding hydrogens is 570 g/mol. The number of likely N-dealkylation sites (tertiary alicyclic amines) is 1. The molecule has 6 rings (SSSR count). The summed E-state index contributed by atoms with van der Waals surface area (Å²) in [5.74, 6) is 3.58. The number of benzene rings is 1. The zero-order valence-electron chi connectivity index (χ0n) is 25.4. The second-order valence-corrected chi connectivity index (χ2v) is 14.5. The molecule has 2 unspecified atom stereocenters. The number of methoxy groups -OCH3 is 1. The minimum Gasteiger partial charge on any atom is -0.785 e. The van der Waals surface area contributed by atoms with Crippen molar-refractivity contribution in [2.24, 2.45) is 23.7 Å². The lowest BCUT2D eigenvalue weighted by molar-refractivity contribution is 0.0797. The zero-order chi connectivity index (χ0) is 29.5. The van der Waals surface area contributed by atoms with Gasteiger partial charge in [-0.2, -0.15) is 0 Å². The van der Waals surface area contributed by atoms with Gasteiger partial charge in [0.05, 0.1) is 17.7 Å². The van der Waals surface area contributed by atoms with E-state index < -0.39 is 0 Å². The monoisotopic (exact) mass is 614 g/mol. The van der Waals surface area contributed by atoms with Crippen molar-refractivity contribution in [2.45, 2.75) is 88.9 Å². The number of fused-ring (bicyclic) bond motifs is 2. The first-order valence-electron chi connectivity index (χ1n) is 15.6. The van der Waals surface area contributed by atoms with E-state index in [1.807, 2.05) is 32.4 Å². The van der Waals surface area contributed by atoms with Gasteiger partial charge in [0.25, 0.3) is 5.56 Å². The Balaban J connectivity index is 1.08. The number of nitrogens with zero attached hydrogens (tertiary/aromatic N) is 2. The molecule has 2 aromatic rings. The van der Waals surface area contributed by atoms with E-state index in [1.54, 1.807) is 0 Å². The van der Waals surface area contributed by atoms with E-state index >= 15 is 0 Å². The van der Waals surface area contributed by atoms with Gasteiger partial charge in [0.15, 0.2) is 0 Å². The van der Waals surface area contributed by atoms with Gasteiger partial charge in [0.1, 0.15) is 5.75 Å². The second kappa shape index (κ2) is 12.8. The fourth-order valence-electron chi connectivity index (χ4n) is 8.37. The standard InChI is InChI=1S/C33H45ClN3O4S/c1-19-9-31(42-4)29(33(38)35-19)17-37(39)16-22-13-30(34)32-28(20(22)2)12-25(18-41-32)21-5-7-26(8-6-21)36-14-23-10-27(40-3)11-24(23)15-36/h9,13,21,23-27H,5-8,10-12,14-18H2,1-4H3,(H,35,38)/q-1/t21?,23?,24?,25-,26?,27?/m1/s1. The number of halogens is 1. The van der Waals surface area contributed by atoms with Crippen LogP contribution in [0.15, 0.2) is 21.8 Å². The summed E-state index contributed by atoms with van der Waals surface area (Å²) >= 11 is 8.21. The number of rotatable bonds is 8. The summed E-state index contributed by atoms with van der Waals surface area (Å²) in [5, 5.41) is 14.7. The van der Waals surface area contributed by atoms with Gasteiger partial charge in [-0.3, -0.25) is 9.69 Å². The predicted molar refractivity (Wildman–Crippen MR) is 169 cm³/mol. The summed E-state index contributed by atoms with van der Waals surface area (Å²) in [5.41, 5.74) is 4.27. The largest absolute Gasteiger partial charge is 0.785 e. The molecule has 230 valence electrons. The molecule has 0 amide bonds. The Morgan fingerprint density at radius 2 is 1.81 bits per heavy atom. The number of nitrogens with one attached hydrogen (secondary N) is 1. The number of hydrogen-bond acceptors (Lipinski definition) is 7. The minimum atomic E-state index is -0.196. The molecule has 3 atom stereocenters. The molecule has 0 bridgehead atoms. The van der Waals surface area contributed by atoms with Crippen LogP contribution in [0.25, 0.3) is 0 Å². The van der Waals surface area contributed by atoms with Crippen molar-refractivity contribution in [1.29, 1.82) is 0 Å². The molecule has 1 aromatic heterocycles. The Labute approximate surface area is 259 Å². The third-order valence-corrected chi connectivity index (χ3v) is 11.8. The second-order valence-electron chi connectivity index (χ2n) is 13.2. The Morgan fingerprint density at radius 1 is 1.10 bits per heavy atom. The van der Waals surface area contributed by atoms with Crippen LogP contribution in [0.3, 0.4) is 0 Å². The Bertz CT molecular complexity index is 1330. The first-order valence-corrected chi connectivity index (χ1v) is 17.2. The van der Waals surface area contributed by atoms with Gasteiger partial charge in [-0.1, -0.05) is 11.6 Å². The van der Waals surface area contributed by atoms with E-state index in [9.17, 15) is 10.0 Å². The molecule has 1 saturated heterocycles. The Hall–Kier alpha value is -1.55. The van der Waals surface area contributed by atoms with Crippen LogP contribution in [0, 0.1) is 42.7 Å². The van der Waals surface area contributed by atoms with Crippen LogP contribution in [-0.2, 0) is 24.2 Å². The molecule has 3 heterocycles. The molecule has 1 N–H and O–H groups in total. The quantitative estimate of drug-likeness (QED) is 0.275. The number of aromatic amines is 1. The van der Waals surface area contributed by atoms with Gasteiger partial charge in [-0.25, -0.2) is 0 Å². The van der Waals surface area contributed by atoms with Crippen molar-refractivity contribution in [3.63, 3.8) is 0 Å². The summed E-state index contributed by atoms with van der Waals surface area (Å²) in [7, 11) is 1.87. The molecule has 1 aromatic carbocycles. The average Bonchev–Trinajstić information content (AvgIpc) is 3.56. The van der Waals surface area contributed by atoms with Crippen molar-refractivity contribution in [3.8, 4) is 5.75 Å². The predicted octanol–water partition coefficient (Wildman–Crippen LogP) is 6.33. The van der Waals surface area contributed by atoms with Crippen LogP contribution in [0.2, 0.25) is 5.02 Å². The zero-order valence-corrected chi connectivity index (χ0v) is 27.0. The number of aromatic nitrogens is 1. The number of ether oxygens (including phenoxy) is 2. The van der Waals surface area contributed by atoms with Gasteiger partial charge in [0, 0.05) is 55.5 Å². The summed E-state index contributed by atoms with van der Waals surface area (Å²) in [6.45, 7) is 7.39. The maximum atomic E-state index is 13.1. The molecular formula is C33H45ClN3O4S-. The van der Waals surface area contributed by atoms with Crippen LogP contribution < -0.4 is 10.3 Å². The van der Waals surface area contributed by atoms with E-state index in [-0.39, 0.29) is 18.6 Å². The summed E-state index contributed by atoms with van der Waals surface area (Å²) in [6.07, 6.45) is 10.9. The lowest BCUT2D eigenvalue weighted by Crippen LogP contribution is -2.40. The smallest absolute Gasteiger partial charge is 0.253 e. The van der Waals surface area contributed by atoms with E-state index in [0.29, 0.717) is 35.1 Å². The molecule has 7 nitrogen and oxygen atoms in total. The lowest BCUT2D eigenvalue weighted by Gasteiger charge is -2.40. The van der Waals surface area contributed by atoms with Crippen LogP contribution in [0.4, 0.5) is 0 Å². The van der Waals surface area contributed by atoms with E-state index in [2.05, 4.69) is 16.8 Å². The molecule has 0 radical (unpaired) electrons. The van der Waals surface area contributed by atoms with Crippen molar-refractivity contribution < 1.29 is 9.47 Å². The van der Waals surface area contributed by atoms with E-state index in [4.69, 9.17) is 21.1 Å². The summed E-state index contributed by atoms with van der Waals surface area (Å²) in [6, 6.07) is 4.53.